The monoisotopic (exact) mass is 339 g/mol. The fraction of sp³-hybridized carbons (Fsp3) is 0.333. The van der Waals surface area contributed by atoms with Gasteiger partial charge in [0.05, 0.1) is 23.1 Å². The van der Waals surface area contributed by atoms with Gasteiger partial charge >= 0.3 is 0 Å². The Morgan fingerprint density at radius 1 is 1.32 bits per heavy atom. The molecule has 0 aromatic carbocycles. The second kappa shape index (κ2) is 6.51. The SMILES string of the molecule is Cc1cc(C)n(N=O)c1CNC(=O)c1ccnc2c1ccn2C(C)C. The van der Waals surface area contributed by atoms with E-state index in [4.69, 9.17) is 0 Å². The number of nitrogens with one attached hydrogen (secondary N) is 1. The zero-order valence-corrected chi connectivity index (χ0v) is 14.8. The van der Waals surface area contributed by atoms with E-state index in [-0.39, 0.29) is 18.5 Å². The smallest absolute Gasteiger partial charge is 0.252 e. The number of aryl methyl sites for hydroxylation is 2. The van der Waals surface area contributed by atoms with E-state index in [0.29, 0.717) is 11.3 Å². The van der Waals surface area contributed by atoms with Crippen LogP contribution in [0.4, 0.5) is 0 Å². The highest BCUT2D eigenvalue weighted by molar-refractivity contribution is 6.05. The molecule has 0 saturated carbocycles. The molecular weight excluding hydrogens is 318 g/mol. The van der Waals surface area contributed by atoms with E-state index in [2.05, 4.69) is 29.4 Å². The van der Waals surface area contributed by atoms with Gasteiger partial charge < -0.3 is 9.88 Å². The number of amides is 1. The number of pyridine rings is 1. The summed E-state index contributed by atoms with van der Waals surface area (Å²) >= 11 is 0. The summed E-state index contributed by atoms with van der Waals surface area (Å²) in [5.41, 5.74) is 3.70. The lowest BCUT2D eigenvalue weighted by molar-refractivity contribution is 0.0951. The van der Waals surface area contributed by atoms with Gasteiger partial charge in [0.2, 0.25) is 0 Å². The molecule has 7 heteroatoms. The number of fused-ring (bicyclic) bond motifs is 1. The minimum atomic E-state index is -0.204. The second-order valence-corrected chi connectivity index (χ2v) is 6.40. The molecule has 1 amide bonds. The van der Waals surface area contributed by atoms with Crippen LogP contribution in [0.25, 0.3) is 11.0 Å². The third-order valence-electron chi connectivity index (χ3n) is 4.38. The largest absolute Gasteiger partial charge is 0.346 e. The standard InChI is InChI=1S/C18H21N5O2/c1-11(2)22-8-6-14-15(5-7-19-17(14)22)18(24)20-10-16-12(3)9-13(4)23(16)21-25/h5-9,11H,10H2,1-4H3,(H,20,24). The summed E-state index contributed by atoms with van der Waals surface area (Å²) in [4.78, 5) is 28.1. The molecule has 7 nitrogen and oxygen atoms in total. The molecule has 1 N–H and O–H groups in total. The number of carbonyl (C=O) groups is 1. The molecule has 0 saturated heterocycles. The molecule has 0 radical (unpaired) electrons. The van der Waals surface area contributed by atoms with Gasteiger partial charge in [-0.3, -0.25) is 4.79 Å². The molecule has 3 aromatic rings. The summed E-state index contributed by atoms with van der Waals surface area (Å²) in [5.74, 6) is -0.204. The first-order valence-corrected chi connectivity index (χ1v) is 8.19. The van der Waals surface area contributed by atoms with Crippen LogP contribution in [0.1, 0.15) is 47.2 Å². The van der Waals surface area contributed by atoms with Crippen LogP contribution < -0.4 is 5.32 Å². The number of hydrogen-bond donors (Lipinski definition) is 1. The van der Waals surface area contributed by atoms with Gasteiger partial charge in [0.25, 0.3) is 5.91 Å². The van der Waals surface area contributed by atoms with Crippen molar-refractivity contribution in [3.8, 4) is 0 Å². The summed E-state index contributed by atoms with van der Waals surface area (Å²) in [5, 5.41) is 6.71. The van der Waals surface area contributed by atoms with Crippen molar-refractivity contribution >= 4 is 16.9 Å². The number of carbonyl (C=O) groups excluding carboxylic acids is 1. The van der Waals surface area contributed by atoms with Gasteiger partial charge in [-0.2, -0.15) is 0 Å². The molecule has 25 heavy (non-hydrogen) atoms. The van der Waals surface area contributed by atoms with E-state index in [1.807, 2.05) is 29.8 Å². The zero-order chi connectivity index (χ0) is 18.1. The molecule has 0 unspecified atom stereocenters. The minimum absolute atomic E-state index is 0.204. The maximum Gasteiger partial charge on any atom is 0.252 e. The molecule has 0 aliphatic heterocycles. The van der Waals surface area contributed by atoms with E-state index in [1.165, 1.54) is 4.68 Å². The van der Waals surface area contributed by atoms with Crippen LogP contribution in [0.5, 0.6) is 0 Å². The molecule has 3 aromatic heterocycles. The molecule has 0 fully saturated rings. The topological polar surface area (TPSA) is 81.3 Å². The number of hydrogen-bond acceptors (Lipinski definition) is 4. The zero-order valence-electron chi connectivity index (χ0n) is 14.8. The highest BCUT2D eigenvalue weighted by atomic mass is 16.3. The van der Waals surface area contributed by atoms with Crippen LogP contribution in [-0.4, -0.2) is 20.1 Å². The first-order valence-electron chi connectivity index (χ1n) is 8.19. The van der Waals surface area contributed by atoms with Crippen LogP contribution in [0.3, 0.4) is 0 Å². The van der Waals surface area contributed by atoms with Crippen LogP contribution >= 0.6 is 0 Å². The van der Waals surface area contributed by atoms with E-state index >= 15 is 0 Å². The van der Waals surface area contributed by atoms with Gasteiger partial charge in [-0.25, -0.2) is 9.66 Å². The van der Waals surface area contributed by atoms with Crippen molar-refractivity contribution in [2.24, 2.45) is 5.29 Å². The molecule has 0 aliphatic carbocycles. The van der Waals surface area contributed by atoms with E-state index < -0.39 is 0 Å². The van der Waals surface area contributed by atoms with E-state index in [0.717, 1.165) is 22.3 Å². The first-order chi connectivity index (χ1) is 11.9. The lowest BCUT2D eigenvalue weighted by Crippen LogP contribution is -2.24. The maximum absolute atomic E-state index is 12.7. The van der Waals surface area contributed by atoms with Gasteiger partial charge in [0.15, 0.2) is 0 Å². The Balaban J connectivity index is 1.88. The van der Waals surface area contributed by atoms with Crippen LogP contribution in [0.15, 0.2) is 35.9 Å². The second-order valence-electron chi connectivity index (χ2n) is 6.40. The third-order valence-corrected chi connectivity index (χ3v) is 4.38. The van der Waals surface area contributed by atoms with Crippen molar-refractivity contribution < 1.29 is 4.79 Å². The fourth-order valence-electron chi connectivity index (χ4n) is 3.10. The summed E-state index contributed by atoms with van der Waals surface area (Å²) in [7, 11) is 0. The van der Waals surface area contributed by atoms with Gasteiger partial charge in [0, 0.05) is 29.5 Å². The molecule has 130 valence electrons. The van der Waals surface area contributed by atoms with E-state index in [1.54, 1.807) is 19.2 Å². The highest BCUT2D eigenvalue weighted by Crippen LogP contribution is 2.22. The summed E-state index contributed by atoms with van der Waals surface area (Å²) in [6.45, 7) is 8.07. The Kier molecular flexibility index (Phi) is 4.39. The Morgan fingerprint density at radius 2 is 2.08 bits per heavy atom. The van der Waals surface area contributed by atoms with Crippen molar-refractivity contribution in [1.29, 1.82) is 0 Å². The number of nitroso groups, excluding NO2 is 1. The Bertz CT molecular complexity index is 952. The van der Waals surface area contributed by atoms with E-state index in [9.17, 15) is 9.70 Å². The van der Waals surface area contributed by atoms with Crippen molar-refractivity contribution in [2.75, 3.05) is 0 Å². The molecule has 0 bridgehead atoms. The van der Waals surface area contributed by atoms with Gasteiger partial charge in [-0.05, 0) is 51.5 Å². The summed E-state index contributed by atoms with van der Waals surface area (Å²) in [6, 6.07) is 5.74. The molecule has 0 aliphatic rings. The summed E-state index contributed by atoms with van der Waals surface area (Å²) in [6.07, 6.45) is 3.58. The van der Waals surface area contributed by atoms with Gasteiger partial charge in [-0.15, -0.1) is 4.91 Å². The third kappa shape index (κ3) is 2.93. The van der Waals surface area contributed by atoms with Crippen molar-refractivity contribution in [3.63, 3.8) is 0 Å². The van der Waals surface area contributed by atoms with Crippen molar-refractivity contribution in [3.05, 3.63) is 58.0 Å². The van der Waals surface area contributed by atoms with Gasteiger partial charge in [0.1, 0.15) is 5.65 Å². The Labute approximate surface area is 145 Å². The lowest BCUT2D eigenvalue weighted by Gasteiger charge is -2.10. The first kappa shape index (κ1) is 16.9. The van der Waals surface area contributed by atoms with Crippen molar-refractivity contribution in [2.45, 2.75) is 40.3 Å². The molecule has 0 spiro atoms. The Hall–Kier alpha value is -2.96. The van der Waals surface area contributed by atoms with Crippen molar-refractivity contribution in [1.82, 2.24) is 19.5 Å². The fourth-order valence-corrected chi connectivity index (χ4v) is 3.10. The van der Waals surface area contributed by atoms with Crippen LogP contribution in [0.2, 0.25) is 0 Å². The average molecular weight is 339 g/mol. The minimum Gasteiger partial charge on any atom is -0.346 e. The highest BCUT2D eigenvalue weighted by Gasteiger charge is 2.16. The molecular formula is C18H21N5O2. The van der Waals surface area contributed by atoms with Gasteiger partial charge in [-0.1, -0.05) is 0 Å². The maximum atomic E-state index is 12.7. The quantitative estimate of drug-likeness (QED) is 0.722. The summed E-state index contributed by atoms with van der Waals surface area (Å²) < 4.78 is 3.34. The number of nitrogens with zero attached hydrogens (tertiary/aromatic N) is 4. The van der Waals surface area contributed by atoms with Crippen LogP contribution in [0, 0.1) is 18.8 Å². The number of rotatable bonds is 5. The number of aromatic nitrogens is 3. The lowest BCUT2D eigenvalue weighted by atomic mass is 10.1. The average Bonchev–Trinajstić information content (AvgIpc) is 3.12. The Morgan fingerprint density at radius 3 is 2.76 bits per heavy atom. The predicted molar refractivity (Wildman–Crippen MR) is 96.4 cm³/mol. The predicted octanol–water partition coefficient (Wildman–Crippen LogP) is 3.50. The van der Waals surface area contributed by atoms with Crippen LogP contribution in [-0.2, 0) is 6.54 Å². The molecule has 3 rings (SSSR count). The normalized spacial score (nSPS) is 11.2. The molecule has 3 heterocycles. The molecule has 0 atom stereocenters.